The normalized spacial score (nSPS) is 11.3. The van der Waals surface area contributed by atoms with Crippen LogP contribution in [0, 0.1) is 24.0 Å². The lowest BCUT2D eigenvalue weighted by Crippen LogP contribution is -2.16. The van der Waals surface area contributed by atoms with Crippen LogP contribution in [0.1, 0.15) is 26.6 Å². The summed E-state index contributed by atoms with van der Waals surface area (Å²) in [4.78, 5) is 23.4. The highest BCUT2D eigenvalue weighted by molar-refractivity contribution is 7.20. The Balaban J connectivity index is 1.52. The maximum atomic E-state index is 12.4. The van der Waals surface area contributed by atoms with Gasteiger partial charge in [-0.2, -0.15) is 5.10 Å². The van der Waals surface area contributed by atoms with Crippen molar-refractivity contribution in [3.8, 4) is 5.69 Å². The van der Waals surface area contributed by atoms with Crippen LogP contribution in [0.2, 0.25) is 0 Å². The number of carbonyl (C=O) groups excluding carboxylic acids is 1. The number of hydrogen-bond donors (Lipinski definition) is 1. The molecule has 0 fully saturated rings. The lowest BCUT2D eigenvalue weighted by atomic mass is 10.2. The van der Waals surface area contributed by atoms with Crippen molar-refractivity contribution in [3.63, 3.8) is 0 Å². The number of nitrogens with one attached hydrogen (secondary N) is 1. The van der Waals surface area contributed by atoms with Crippen molar-refractivity contribution >= 4 is 39.2 Å². The zero-order chi connectivity index (χ0) is 21.3. The first kappa shape index (κ1) is 19.5. The molecule has 0 bridgehead atoms. The van der Waals surface area contributed by atoms with E-state index in [0.717, 1.165) is 27.3 Å². The zero-order valence-electron chi connectivity index (χ0n) is 16.3. The fourth-order valence-electron chi connectivity index (χ4n) is 3.36. The molecular weight excluding hydrogens is 400 g/mol. The molecule has 0 aliphatic rings. The number of nitro groups is 1. The number of amides is 1. The number of hydrazone groups is 1. The second-order valence-electron chi connectivity index (χ2n) is 6.79. The first-order valence-electron chi connectivity index (χ1n) is 9.20. The van der Waals surface area contributed by atoms with Crippen molar-refractivity contribution in [2.24, 2.45) is 5.10 Å². The summed E-state index contributed by atoms with van der Waals surface area (Å²) >= 11 is 1.27. The van der Waals surface area contributed by atoms with Gasteiger partial charge in [0.05, 0.1) is 16.0 Å². The van der Waals surface area contributed by atoms with E-state index in [1.54, 1.807) is 18.3 Å². The van der Waals surface area contributed by atoms with E-state index < -0.39 is 4.92 Å². The van der Waals surface area contributed by atoms with Crippen LogP contribution in [0.25, 0.3) is 15.8 Å². The topological polar surface area (TPSA) is 89.5 Å². The van der Waals surface area contributed by atoms with E-state index in [-0.39, 0.29) is 11.6 Å². The predicted octanol–water partition coefficient (Wildman–Crippen LogP) is 4.98. The van der Waals surface area contributed by atoms with Gasteiger partial charge in [-0.05, 0) is 44.2 Å². The quantitative estimate of drug-likeness (QED) is 0.281. The first-order valence-corrected chi connectivity index (χ1v) is 10.0. The molecule has 4 aromatic rings. The molecule has 30 heavy (non-hydrogen) atoms. The number of rotatable bonds is 5. The summed E-state index contributed by atoms with van der Waals surface area (Å²) in [5.41, 5.74) is 6.60. The largest absolute Gasteiger partial charge is 0.318 e. The van der Waals surface area contributed by atoms with E-state index in [4.69, 9.17) is 0 Å². The molecule has 4 rings (SSSR count). The number of non-ortho nitro benzene ring substituents is 1. The van der Waals surface area contributed by atoms with E-state index in [0.29, 0.717) is 10.3 Å². The average molecular weight is 418 g/mol. The van der Waals surface area contributed by atoms with Crippen LogP contribution < -0.4 is 5.43 Å². The van der Waals surface area contributed by atoms with Gasteiger partial charge in [-0.15, -0.1) is 11.3 Å². The number of benzene rings is 2. The Labute approximate surface area is 176 Å². The number of aromatic nitrogens is 1. The molecule has 1 N–H and O–H groups in total. The smallest absolute Gasteiger partial charge is 0.281 e. The van der Waals surface area contributed by atoms with Gasteiger partial charge >= 0.3 is 0 Å². The monoisotopic (exact) mass is 418 g/mol. The molecule has 0 atom stereocenters. The van der Waals surface area contributed by atoms with Crippen LogP contribution >= 0.6 is 11.3 Å². The average Bonchev–Trinajstić information content (AvgIpc) is 3.28. The lowest BCUT2D eigenvalue weighted by Gasteiger charge is -2.08. The van der Waals surface area contributed by atoms with Gasteiger partial charge in [-0.3, -0.25) is 14.9 Å². The standard InChI is InChI=1S/C22H18N4O3S/c1-14-10-17(15(2)25(14)18-6-4-3-5-7-18)13-23-24-22(27)21-12-16-11-19(26(28)29)8-9-20(16)30-21/h3-13H,1-2H3,(H,24,27)/b23-13+. The van der Waals surface area contributed by atoms with Crippen molar-refractivity contribution in [3.05, 3.63) is 92.6 Å². The molecule has 0 saturated heterocycles. The van der Waals surface area contributed by atoms with Gasteiger partial charge in [0.25, 0.3) is 11.6 Å². The van der Waals surface area contributed by atoms with Gasteiger partial charge in [0, 0.05) is 44.9 Å². The second-order valence-corrected chi connectivity index (χ2v) is 7.87. The molecule has 0 spiro atoms. The molecular formula is C22H18N4O3S. The number of hydrogen-bond acceptors (Lipinski definition) is 5. The summed E-state index contributed by atoms with van der Waals surface area (Å²) in [7, 11) is 0. The summed E-state index contributed by atoms with van der Waals surface area (Å²) < 4.78 is 2.93. The minimum absolute atomic E-state index is 0.000878. The van der Waals surface area contributed by atoms with Crippen LogP contribution in [0.4, 0.5) is 5.69 Å². The molecule has 2 aromatic carbocycles. The van der Waals surface area contributed by atoms with Gasteiger partial charge in [-0.1, -0.05) is 18.2 Å². The van der Waals surface area contributed by atoms with E-state index >= 15 is 0 Å². The van der Waals surface area contributed by atoms with Gasteiger partial charge in [0.1, 0.15) is 0 Å². The lowest BCUT2D eigenvalue weighted by molar-refractivity contribution is -0.384. The number of fused-ring (bicyclic) bond motifs is 1. The number of aryl methyl sites for hydroxylation is 1. The van der Waals surface area contributed by atoms with Crippen LogP contribution in [0.15, 0.2) is 65.8 Å². The highest BCUT2D eigenvalue weighted by Crippen LogP contribution is 2.29. The first-order chi connectivity index (χ1) is 14.4. The van der Waals surface area contributed by atoms with Crippen molar-refractivity contribution in [2.45, 2.75) is 13.8 Å². The molecule has 0 aliphatic carbocycles. The van der Waals surface area contributed by atoms with Crippen molar-refractivity contribution < 1.29 is 9.72 Å². The minimum Gasteiger partial charge on any atom is -0.318 e. The Morgan fingerprint density at radius 3 is 2.63 bits per heavy atom. The van der Waals surface area contributed by atoms with E-state index in [1.807, 2.05) is 50.2 Å². The molecule has 150 valence electrons. The van der Waals surface area contributed by atoms with E-state index in [2.05, 4.69) is 15.1 Å². The fraction of sp³-hybridized carbons (Fsp3) is 0.0909. The maximum absolute atomic E-state index is 12.4. The molecule has 2 heterocycles. The van der Waals surface area contributed by atoms with Gasteiger partial charge in [0.15, 0.2) is 0 Å². The molecule has 1 amide bonds. The van der Waals surface area contributed by atoms with Gasteiger partial charge in [-0.25, -0.2) is 5.43 Å². The predicted molar refractivity (Wildman–Crippen MR) is 119 cm³/mol. The third kappa shape index (κ3) is 3.72. The highest BCUT2D eigenvalue weighted by atomic mass is 32.1. The molecule has 8 heteroatoms. The SMILES string of the molecule is Cc1cc(/C=N/NC(=O)c2cc3cc([N+](=O)[O-])ccc3s2)c(C)n1-c1ccccc1. The maximum Gasteiger partial charge on any atom is 0.281 e. The Bertz CT molecular complexity index is 1290. The number of para-hydroxylation sites is 1. The van der Waals surface area contributed by atoms with Crippen molar-refractivity contribution in [1.29, 1.82) is 0 Å². The molecule has 0 unspecified atom stereocenters. The van der Waals surface area contributed by atoms with Crippen molar-refractivity contribution in [1.82, 2.24) is 9.99 Å². The number of nitrogens with zero attached hydrogens (tertiary/aromatic N) is 3. The van der Waals surface area contributed by atoms with Crippen LogP contribution in [-0.4, -0.2) is 21.6 Å². The Hall–Kier alpha value is -3.78. The van der Waals surface area contributed by atoms with Gasteiger partial charge in [0.2, 0.25) is 0 Å². The Morgan fingerprint density at radius 1 is 1.13 bits per heavy atom. The molecule has 0 aliphatic heterocycles. The van der Waals surface area contributed by atoms with Gasteiger partial charge < -0.3 is 4.57 Å². The third-order valence-electron chi connectivity index (χ3n) is 4.79. The molecule has 0 radical (unpaired) electrons. The number of thiophene rings is 1. The van der Waals surface area contributed by atoms with Crippen LogP contribution in [-0.2, 0) is 0 Å². The Kier molecular flexibility index (Phi) is 5.16. The highest BCUT2D eigenvalue weighted by Gasteiger charge is 2.13. The third-order valence-corrected chi connectivity index (χ3v) is 5.90. The summed E-state index contributed by atoms with van der Waals surface area (Å²) in [6.07, 6.45) is 1.62. The summed E-state index contributed by atoms with van der Waals surface area (Å²) in [5.74, 6) is -0.355. The Morgan fingerprint density at radius 2 is 1.90 bits per heavy atom. The fourth-order valence-corrected chi connectivity index (χ4v) is 4.30. The number of carbonyl (C=O) groups is 1. The number of nitro benzene ring substituents is 1. The zero-order valence-corrected chi connectivity index (χ0v) is 17.1. The second kappa shape index (κ2) is 7.92. The van der Waals surface area contributed by atoms with E-state index in [9.17, 15) is 14.9 Å². The summed E-state index contributed by atoms with van der Waals surface area (Å²) in [6.45, 7) is 4.02. The summed E-state index contributed by atoms with van der Waals surface area (Å²) in [5, 5.41) is 15.7. The summed E-state index contributed by atoms with van der Waals surface area (Å²) in [6, 6.07) is 18.2. The van der Waals surface area contributed by atoms with Crippen molar-refractivity contribution in [2.75, 3.05) is 0 Å². The molecule has 2 aromatic heterocycles. The van der Waals surface area contributed by atoms with E-state index in [1.165, 1.54) is 23.5 Å². The van der Waals surface area contributed by atoms with Crippen LogP contribution in [0.3, 0.4) is 0 Å². The molecule has 7 nitrogen and oxygen atoms in total. The van der Waals surface area contributed by atoms with Crippen LogP contribution in [0.5, 0.6) is 0 Å². The minimum atomic E-state index is -0.451. The molecule has 0 saturated carbocycles.